The molecule has 0 unspecified atom stereocenters. The molecule has 1 aromatic heterocycles. The topological polar surface area (TPSA) is 140 Å². The normalized spacial score (nSPS) is 20.6. The minimum atomic E-state index is -0.698. The van der Waals surface area contributed by atoms with Gasteiger partial charge >= 0.3 is 0 Å². The minimum absolute atomic E-state index is 0.0403. The summed E-state index contributed by atoms with van der Waals surface area (Å²) >= 11 is 0. The highest BCUT2D eigenvalue weighted by Crippen LogP contribution is 2.28. The van der Waals surface area contributed by atoms with Gasteiger partial charge in [-0.05, 0) is 63.8 Å². The molecule has 1 aliphatic heterocycles. The summed E-state index contributed by atoms with van der Waals surface area (Å²) in [5.74, 6) is 1.47. The maximum atomic E-state index is 13.6. The van der Waals surface area contributed by atoms with Crippen LogP contribution in [0, 0.1) is 5.92 Å². The summed E-state index contributed by atoms with van der Waals surface area (Å²) in [5.41, 5.74) is 2.15. The van der Waals surface area contributed by atoms with Gasteiger partial charge in [0.15, 0.2) is 17.3 Å². The largest absolute Gasteiger partial charge is 0.493 e. The molecule has 248 valence electrons. The van der Waals surface area contributed by atoms with Crippen LogP contribution in [-0.4, -0.2) is 83.8 Å². The fourth-order valence-corrected chi connectivity index (χ4v) is 5.30. The van der Waals surface area contributed by atoms with Crippen LogP contribution in [0.25, 0.3) is 0 Å². The van der Waals surface area contributed by atoms with E-state index in [0.29, 0.717) is 49.0 Å². The summed E-state index contributed by atoms with van der Waals surface area (Å²) in [6.07, 6.45) is 4.96. The second-order valence-corrected chi connectivity index (χ2v) is 11.8. The Morgan fingerprint density at radius 1 is 1.09 bits per heavy atom. The third kappa shape index (κ3) is 10.6. The average Bonchev–Trinajstić information content (AvgIpc) is 3.42. The number of hydrogen-bond acceptors (Lipinski definition) is 8. The Bertz CT molecular complexity index is 1320. The van der Waals surface area contributed by atoms with Crippen LogP contribution < -0.4 is 25.4 Å². The van der Waals surface area contributed by atoms with E-state index in [4.69, 9.17) is 14.5 Å². The molecule has 0 fully saturated rings. The van der Waals surface area contributed by atoms with E-state index in [-0.39, 0.29) is 30.2 Å². The van der Waals surface area contributed by atoms with Crippen LogP contribution >= 0.6 is 0 Å². The summed E-state index contributed by atoms with van der Waals surface area (Å²) in [6, 6.07) is 4.33. The number of aromatic nitrogens is 3. The highest BCUT2D eigenvalue weighted by Gasteiger charge is 2.29. The molecule has 0 radical (unpaired) electrons. The van der Waals surface area contributed by atoms with Crippen molar-refractivity contribution in [3.8, 4) is 11.5 Å². The van der Waals surface area contributed by atoms with Crippen molar-refractivity contribution < 1.29 is 23.9 Å². The van der Waals surface area contributed by atoms with E-state index in [1.54, 1.807) is 18.9 Å². The van der Waals surface area contributed by atoms with Gasteiger partial charge in [-0.15, -0.1) is 0 Å². The molecule has 0 saturated carbocycles. The van der Waals surface area contributed by atoms with Crippen molar-refractivity contribution in [3.05, 3.63) is 47.1 Å². The second kappa shape index (κ2) is 17.5. The molecule has 1 aliphatic rings. The number of carbonyl (C=O) groups excluding carboxylic acids is 3. The van der Waals surface area contributed by atoms with E-state index in [1.807, 2.05) is 45.9 Å². The fraction of sp³-hybridized carbons (Fsp3) is 0.606. The first-order valence-electron chi connectivity index (χ1n) is 15.9. The average molecular weight is 626 g/mol. The number of nitrogens with one attached hydrogen (secondary N) is 3. The third-order valence-electron chi connectivity index (χ3n) is 8.22. The SMILES string of the molecule is C/C=C(\C)CN1CCCNC(=O)Cn2nc(Cc3ccc(OC)c(OC)c3)nc2[C@@H](C)NC(=O)[C@H]([C@@H](C)CC)NC(=O)CCC1. The Morgan fingerprint density at radius 3 is 2.51 bits per heavy atom. The van der Waals surface area contributed by atoms with Gasteiger partial charge in [-0.1, -0.05) is 38.0 Å². The predicted octanol–water partition coefficient (Wildman–Crippen LogP) is 3.16. The Kier molecular flexibility index (Phi) is 13.8. The Labute approximate surface area is 267 Å². The number of rotatable bonds is 8. The monoisotopic (exact) mass is 625 g/mol. The Morgan fingerprint density at radius 2 is 1.82 bits per heavy atom. The highest BCUT2D eigenvalue weighted by molar-refractivity contribution is 5.88. The van der Waals surface area contributed by atoms with Crippen molar-refractivity contribution in [2.24, 2.45) is 5.92 Å². The first-order chi connectivity index (χ1) is 21.6. The molecule has 45 heavy (non-hydrogen) atoms. The summed E-state index contributed by atoms with van der Waals surface area (Å²) in [6.45, 7) is 12.7. The molecular formula is C33H51N7O5. The van der Waals surface area contributed by atoms with E-state index >= 15 is 0 Å². The van der Waals surface area contributed by atoms with Gasteiger partial charge in [-0.2, -0.15) is 5.10 Å². The molecule has 0 bridgehead atoms. The number of amides is 3. The maximum Gasteiger partial charge on any atom is 0.243 e. The van der Waals surface area contributed by atoms with Gasteiger partial charge in [0.1, 0.15) is 18.4 Å². The molecule has 3 rings (SSSR count). The molecule has 3 amide bonds. The number of benzene rings is 1. The lowest BCUT2D eigenvalue weighted by Gasteiger charge is -2.26. The lowest BCUT2D eigenvalue weighted by molar-refractivity contribution is -0.130. The van der Waals surface area contributed by atoms with Gasteiger partial charge in [0.05, 0.1) is 20.3 Å². The van der Waals surface area contributed by atoms with Gasteiger partial charge in [-0.25, -0.2) is 9.67 Å². The predicted molar refractivity (Wildman–Crippen MR) is 173 cm³/mol. The first kappa shape index (κ1) is 35.5. The molecule has 1 aromatic carbocycles. The molecular weight excluding hydrogens is 574 g/mol. The van der Waals surface area contributed by atoms with Crippen LogP contribution in [0.2, 0.25) is 0 Å². The van der Waals surface area contributed by atoms with E-state index < -0.39 is 12.1 Å². The van der Waals surface area contributed by atoms with Crippen molar-refractivity contribution in [1.29, 1.82) is 0 Å². The fourth-order valence-electron chi connectivity index (χ4n) is 5.30. The number of allylic oxidation sites excluding steroid dienone is 1. The molecule has 12 nitrogen and oxygen atoms in total. The van der Waals surface area contributed by atoms with E-state index in [2.05, 4.69) is 38.9 Å². The zero-order valence-corrected chi connectivity index (χ0v) is 27.9. The maximum absolute atomic E-state index is 13.6. The Balaban J connectivity index is 1.90. The van der Waals surface area contributed by atoms with Gasteiger partial charge < -0.3 is 25.4 Å². The minimum Gasteiger partial charge on any atom is -0.493 e. The molecule has 3 atom stereocenters. The van der Waals surface area contributed by atoms with Gasteiger partial charge in [0.25, 0.3) is 0 Å². The van der Waals surface area contributed by atoms with Crippen molar-refractivity contribution >= 4 is 17.7 Å². The quantitative estimate of drug-likeness (QED) is 0.380. The molecule has 12 heteroatoms. The zero-order chi connectivity index (χ0) is 32.9. The molecule has 0 aliphatic carbocycles. The van der Waals surface area contributed by atoms with Crippen molar-refractivity contribution in [2.75, 3.05) is 40.4 Å². The van der Waals surface area contributed by atoms with Gasteiger partial charge in [0.2, 0.25) is 17.7 Å². The molecule has 0 saturated heterocycles. The van der Waals surface area contributed by atoms with E-state index in [0.717, 1.165) is 38.0 Å². The van der Waals surface area contributed by atoms with Crippen molar-refractivity contribution in [3.63, 3.8) is 0 Å². The molecule has 3 N–H and O–H groups in total. The summed E-state index contributed by atoms with van der Waals surface area (Å²) in [4.78, 5) is 46.7. The first-order valence-corrected chi connectivity index (χ1v) is 15.9. The van der Waals surface area contributed by atoms with Crippen molar-refractivity contribution in [1.82, 2.24) is 35.6 Å². The molecule has 2 aromatic rings. The lowest BCUT2D eigenvalue weighted by Crippen LogP contribution is -2.51. The molecule has 2 heterocycles. The number of fused-ring (bicyclic) bond motifs is 1. The third-order valence-corrected chi connectivity index (χ3v) is 8.22. The highest BCUT2D eigenvalue weighted by atomic mass is 16.5. The Hall–Kier alpha value is -3.93. The zero-order valence-electron chi connectivity index (χ0n) is 27.9. The van der Waals surface area contributed by atoms with Crippen LogP contribution in [0.15, 0.2) is 29.8 Å². The number of hydrogen-bond donors (Lipinski definition) is 3. The van der Waals surface area contributed by atoms with Gasteiger partial charge in [-0.3, -0.25) is 19.3 Å². The van der Waals surface area contributed by atoms with Crippen LogP contribution in [0.1, 0.15) is 83.6 Å². The van der Waals surface area contributed by atoms with Crippen LogP contribution in [-0.2, 0) is 27.3 Å². The smallest absolute Gasteiger partial charge is 0.243 e. The number of nitrogens with zero attached hydrogens (tertiary/aromatic N) is 4. The number of carbonyl (C=O) groups is 3. The molecule has 0 spiro atoms. The van der Waals surface area contributed by atoms with Crippen molar-refractivity contribution in [2.45, 2.75) is 85.4 Å². The summed E-state index contributed by atoms with van der Waals surface area (Å²) < 4.78 is 12.4. The van der Waals surface area contributed by atoms with Crippen LogP contribution in [0.5, 0.6) is 11.5 Å². The van der Waals surface area contributed by atoms with Crippen LogP contribution in [0.4, 0.5) is 0 Å². The van der Waals surface area contributed by atoms with Crippen LogP contribution in [0.3, 0.4) is 0 Å². The summed E-state index contributed by atoms with van der Waals surface area (Å²) in [7, 11) is 3.16. The van der Waals surface area contributed by atoms with E-state index in [1.165, 1.54) is 5.57 Å². The lowest BCUT2D eigenvalue weighted by atomic mass is 9.97. The number of methoxy groups -OCH3 is 2. The van der Waals surface area contributed by atoms with E-state index in [9.17, 15) is 14.4 Å². The van der Waals surface area contributed by atoms with Gasteiger partial charge in [0, 0.05) is 32.5 Å². The standard InChI is InChI=1S/C33H51N7O5/c1-8-22(3)20-39-16-10-12-29(41)37-31(23(4)9-2)33(43)35-24(5)32-36-28(38-40(32)21-30(42)34-15-11-17-39)19-25-13-14-26(44-6)27(18-25)45-7/h8,13-14,18,23-24,31H,9-12,15-17,19-21H2,1-7H3,(H,34,42)(H,35,43)(H,37,41)/b22-8+/t23-,24+,31-/m0/s1. The number of ether oxygens (including phenoxy) is 2. The summed E-state index contributed by atoms with van der Waals surface area (Å²) in [5, 5.41) is 13.7. The second-order valence-electron chi connectivity index (χ2n) is 11.8.